The molecule has 154 valence electrons. The fourth-order valence-electron chi connectivity index (χ4n) is 3.60. The molecule has 0 saturated carbocycles. The normalized spacial score (nSPS) is 22.9. The molecule has 1 aromatic carbocycles. The maximum atomic E-state index is 11.9. The van der Waals surface area contributed by atoms with E-state index in [-0.39, 0.29) is 30.3 Å². The molecule has 28 heavy (non-hydrogen) atoms. The fourth-order valence-corrected chi connectivity index (χ4v) is 3.60. The van der Waals surface area contributed by atoms with E-state index in [1.807, 2.05) is 13.8 Å². The van der Waals surface area contributed by atoms with Gasteiger partial charge in [0.05, 0.1) is 17.8 Å². The maximum absolute atomic E-state index is 11.9. The molecule has 0 spiro atoms. The Labute approximate surface area is 169 Å². The van der Waals surface area contributed by atoms with Crippen LogP contribution in [-0.2, 0) is 18.8 Å². The number of piperazine rings is 1. The Hall–Kier alpha value is -1.57. The summed E-state index contributed by atoms with van der Waals surface area (Å²) in [6.45, 7) is 15.9. The molecule has 2 fully saturated rings. The highest BCUT2D eigenvalue weighted by Crippen LogP contribution is 2.36. The van der Waals surface area contributed by atoms with Crippen LogP contribution in [0.25, 0.3) is 0 Å². The highest BCUT2D eigenvalue weighted by molar-refractivity contribution is 6.62. The highest BCUT2D eigenvalue weighted by Gasteiger charge is 2.51. The predicted octanol–water partition coefficient (Wildman–Crippen LogP) is 2.06. The van der Waals surface area contributed by atoms with Crippen LogP contribution < -0.4 is 10.4 Å². The van der Waals surface area contributed by atoms with E-state index in [2.05, 4.69) is 61.8 Å². The van der Waals surface area contributed by atoms with Gasteiger partial charge < -0.3 is 18.9 Å². The number of hydrogen-bond acceptors (Lipinski definition) is 6. The summed E-state index contributed by atoms with van der Waals surface area (Å²) in [6, 6.07) is 8.25. The number of benzene rings is 1. The van der Waals surface area contributed by atoms with Crippen LogP contribution in [0.2, 0.25) is 0 Å². The molecular formula is C21H33BN2O4. The summed E-state index contributed by atoms with van der Waals surface area (Å²) in [5, 5.41) is 0. The van der Waals surface area contributed by atoms with Crippen molar-refractivity contribution in [1.82, 2.24) is 4.90 Å². The molecular weight excluding hydrogens is 355 g/mol. The van der Waals surface area contributed by atoms with Crippen LogP contribution in [0.1, 0.15) is 41.5 Å². The molecule has 2 aliphatic rings. The molecule has 0 aliphatic carbocycles. The van der Waals surface area contributed by atoms with Gasteiger partial charge in [-0.2, -0.15) is 0 Å². The average molecular weight is 388 g/mol. The number of nitrogens with zero attached hydrogens (tertiary/aromatic N) is 2. The van der Waals surface area contributed by atoms with Gasteiger partial charge in [0.2, 0.25) is 0 Å². The third-order valence-electron chi connectivity index (χ3n) is 6.27. The molecule has 1 aromatic rings. The van der Waals surface area contributed by atoms with E-state index in [0.29, 0.717) is 6.61 Å². The van der Waals surface area contributed by atoms with Gasteiger partial charge >= 0.3 is 13.1 Å². The Morgan fingerprint density at radius 3 is 2.11 bits per heavy atom. The first-order valence-corrected chi connectivity index (χ1v) is 10.3. The minimum atomic E-state index is -0.332. The topological polar surface area (TPSA) is 51.2 Å². The first-order valence-electron chi connectivity index (χ1n) is 10.3. The predicted molar refractivity (Wildman–Crippen MR) is 112 cm³/mol. The van der Waals surface area contributed by atoms with E-state index in [1.54, 1.807) is 0 Å². The summed E-state index contributed by atoms with van der Waals surface area (Å²) in [5.41, 5.74) is 1.56. The average Bonchev–Trinajstić information content (AvgIpc) is 2.89. The van der Waals surface area contributed by atoms with E-state index in [0.717, 1.165) is 31.6 Å². The van der Waals surface area contributed by atoms with E-state index in [4.69, 9.17) is 14.0 Å². The van der Waals surface area contributed by atoms with Crippen molar-refractivity contribution < 1.29 is 18.8 Å². The van der Waals surface area contributed by atoms with Crippen molar-refractivity contribution in [3.05, 3.63) is 24.3 Å². The van der Waals surface area contributed by atoms with Crippen molar-refractivity contribution in [3.63, 3.8) is 0 Å². The summed E-state index contributed by atoms with van der Waals surface area (Å²) in [5.74, 6) is -0.136. The quantitative estimate of drug-likeness (QED) is 0.569. The maximum Gasteiger partial charge on any atom is 0.494 e. The standard InChI is InChI=1S/C21H33BN2O4/c1-7-26-19(25)16(2)23-12-14-24(15-13-23)18-10-8-17(9-11-18)22-27-20(3,4)21(5,6)28-22/h8-11,16H,7,12-15H2,1-6H3. The zero-order valence-corrected chi connectivity index (χ0v) is 18.0. The highest BCUT2D eigenvalue weighted by atomic mass is 16.7. The van der Waals surface area contributed by atoms with Crippen LogP contribution in [0.3, 0.4) is 0 Å². The van der Waals surface area contributed by atoms with Gasteiger partial charge in [0.1, 0.15) is 6.04 Å². The molecule has 2 aliphatic heterocycles. The van der Waals surface area contributed by atoms with Crippen molar-refractivity contribution in [2.45, 2.75) is 58.8 Å². The summed E-state index contributed by atoms with van der Waals surface area (Å²) in [6.07, 6.45) is 0. The van der Waals surface area contributed by atoms with Gasteiger partial charge in [-0.3, -0.25) is 9.69 Å². The van der Waals surface area contributed by atoms with Crippen LogP contribution in [0, 0.1) is 0 Å². The molecule has 7 heteroatoms. The smallest absolute Gasteiger partial charge is 0.465 e. The minimum absolute atomic E-state index is 0.136. The number of esters is 1. The summed E-state index contributed by atoms with van der Waals surface area (Å²) < 4.78 is 17.4. The lowest BCUT2D eigenvalue weighted by atomic mass is 9.79. The lowest BCUT2D eigenvalue weighted by Gasteiger charge is -2.38. The molecule has 6 nitrogen and oxygen atoms in total. The Balaban J connectivity index is 1.58. The van der Waals surface area contributed by atoms with Crippen LogP contribution in [0.4, 0.5) is 5.69 Å². The second-order valence-corrected chi connectivity index (χ2v) is 8.63. The molecule has 0 bridgehead atoms. The van der Waals surface area contributed by atoms with Gasteiger partial charge in [-0.25, -0.2) is 0 Å². The fraction of sp³-hybridized carbons (Fsp3) is 0.667. The minimum Gasteiger partial charge on any atom is -0.465 e. The van der Waals surface area contributed by atoms with Crippen molar-refractivity contribution in [2.75, 3.05) is 37.7 Å². The van der Waals surface area contributed by atoms with Gasteiger partial charge in [-0.1, -0.05) is 12.1 Å². The van der Waals surface area contributed by atoms with Crippen LogP contribution in [0.15, 0.2) is 24.3 Å². The number of rotatable bonds is 5. The van der Waals surface area contributed by atoms with Crippen molar-refractivity contribution >= 4 is 24.2 Å². The Bertz CT molecular complexity index is 668. The Kier molecular flexibility index (Phi) is 6.08. The zero-order valence-electron chi connectivity index (χ0n) is 18.0. The monoisotopic (exact) mass is 388 g/mol. The third-order valence-corrected chi connectivity index (χ3v) is 6.27. The summed E-state index contributed by atoms with van der Waals surface area (Å²) >= 11 is 0. The molecule has 0 N–H and O–H groups in total. The van der Waals surface area contributed by atoms with Gasteiger partial charge in [-0.15, -0.1) is 0 Å². The van der Waals surface area contributed by atoms with E-state index in [1.165, 1.54) is 5.69 Å². The Morgan fingerprint density at radius 2 is 1.61 bits per heavy atom. The second kappa shape index (κ2) is 8.05. The molecule has 1 atom stereocenters. The van der Waals surface area contributed by atoms with Crippen LogP contribution in [-0.4, -0.2) is 68.0 Å². The zero-order chi connectivity index (χ0) is 20.5. The Morgan fingerprint density at radius 1 is 1.07 bits per heavy atom. The van der Waals surface area contributed by atoms with Crippen molar-refractivity contribution in [1.29, 1.82) is 0 Å². The van der Waals surface area contributed by atoms with Gasteiger partial charge in [0.25, 0.3) is 0 Å². The van der Waals surface area contributed by atoms with Gasteiger partial charge in [0.15, 0.2) is 0 Å². The van der Waals surface area contributed by atoms with Crippen molar-refractivity contribution in [2.24, 2.45) is 0 Å². The van der Waals surface area contributed by atoms with Crippen LogP contribution in [0.5, 0.6) is 0 Å². The lowest BCUT2D eigenvalue weighted by molar-refractivity contribution is -0.149. The molecule has 3 rings (SSSR count). The van der Waals surface area contributed by atoms with Crippen LogP contribution >= 0.6 is 0 Å². The molecule has 0 amide bonds. The SMILES string of the molecule is CCOC(=O)C(C)N1CCN(c2ccc(B3OC(C)(C)C(C)(C)O3)cc2)CC1. The molecule has 0 aromatic heterocycles. The number of carbonyl (C=O) groups is 1. The number of carbonyl (C=O) groups excluding carboxylic acids is 1. The molecule has 1 unspecified atom stereocenters. The largest absolute Gasteiger partial charge is 0.494 e. The summed E-state index contributed by atoms with van der Waals surface area (Å²) in [4.78, 5) is 16.5. The molecule has 0 radical (unpaired) electrons. The number of anilines is 1. The summed E-state index contributed by atoms with van der Waals surface area (Å²) in [7, 11) is -0.332. The van der Waals surface area contributed by atoms with Gasteiger partial charge in [0, 0.05) is 31.9 Å². The third kappa shape index (κ3) is 4.21. The van der Waals surface area contributed by atoms with E-state index < -0.39 is 0 Å². The van der Waals surface area contributed by atoms with E-state index in [9.17, 15) is 4.79 Å². The number of ether oxygens (including phenoxy) is 1. The van der Waals surface area contributed by atoms with Gasteiger partial charge in [-0.05, 0) is 59.1 Å². The number of hydrogen-bond donors (Lipinski definition) is 0. The van der Waals surface area contributed by atoms with E-state index >= 15 is 0 Å². The molecule has 2 saturated heterocycles. The lowest BCUT2D eigenvalue weighted by Crippen LogP contribution is -2.52. The second-order valence-electron chi connectivity index (χ2n) is 8.63. The molecule has 2 heterocycles. The first-order chi connectivity index (χ1) is 13.1. The first kappa shape index (κ1) is 21.2. The van der Waals surface area contributed by atoms with Crippen molar-refractivity contribution in [3.8, 4) is 0 Å².